The Morgan fingerprint density at radius 2 is 1.47 bits per heavy atom. The molecule has 0 aliphatic rings. The van der Waals surface area contributed by atoms with Crippen molar-refractivity contribution in [2.75, 3.05) is 18.4 Å². The molecule has 0 spiro atoms. The first-order valence-corrected chi connectivity index (χ1v) is 8.13. The molecule has 0 aliphatic carbocycles. The second kappa shape index (κ2) is 6.91. The lowest BCUT2D eigenvalue weighted by Crippen LogP contribution is -2.27. The molecule has 19 heavy (non-hydrogen) atoms. The van der Waals surface area contributed by atoms with Gasteiger partial charge in [0.25, 0.3) is 0 Å². The van der Waals surface area contributed by atoms with Gasteiger partial charge in [-0.2, -0.15) is 0 Å². The Kier molecular flexibility index (Phi) is 5.82. The van der Waals surface area contributed by atoms with E-state index >= 15 is 0 Å². The van der Waals surface area contributed by atoms with E-state index in [1.165, 1.54) is 0 Å². The molecule has 4 nitrogen and oxygen atoms in total. The Morgan fingerprint density at radius 1 is 0.947 bits per heavy atom. The lowest BCUT2D eigenvalue weighted by Gasteiger charge is -2.11. The summed E-state index contributed by atoms with van der Waals surface area (Å²) in [6.07, 6.45) is 0. The second-order valence-electron chi connectivity index (χ2n) is 5.54. The molecule has 0 saturated heterocycles. The Hall–Kier alpha value is -1.07. The molecule has 1 aromatic rings. The average Bonchev–Trinajstić information content (AvgIpc) is 2.34. The Balaban J connectivity index is 2.69. The molecular formula is C14H24N2O2S. The summed E-state index contributed by atoms with van der Waals surface area (Å²) in [5, 5.41) is 3.26. The van der Waals surface area contributed by atoms with Gasteiger partial charge in [-0.15, -0.1) is 0 Å². The van der Waals surface area contributed by atoms with Crippen LogP contribution in [0.5, 0.6) is 0 Å². The van der Waals surface area contributed by atoms with Crippen molar-refractivity contribution in [1.82, 2.24) is 4.72 Å². The minimum atomic E-state index is -3.38. The van der Waals surface area contributed by atoms with E-state index in [-0.39, 0.29) is 0 Å². The second-order valence-corrected chi connectivity index (χ2v) is 7.31. The maximum Gasteiger partial charge on any atom is 0.240 e. The third kappa shape index (κ3) is 5.61. The molecular weight excluding hydrogens is 260 g/mol. The van der Waals surface area contributed by atoms with Crippen molar-refractivity contribution in [1.29, 1.82) is 0 Å². The molecule has 0 atom stereocenters. The lowest BCUT2D eigenvalue weighted by atomic mass is 10.2. The van der Waals surface area contributed by atoms with Crippen LogP contribution in [0.4, 0.5) is 5.69 Å². The molecule has 0 saturated carbocycles. The van der Waals surface area contributed by atoms with Crippen molar-refractivity contribution in [2.45, 2.75) is 32.6 Å². The highest BCUT2D eigenvalue weighted by molar-refractivity contribution is 7.89. The molecule has 0 heterocycles. The third-order valence-corrected chi connectivity index (χ3v) is 4.00. The molecule has 2 N–H and O–H groups in total. The Bertz CT molecular complexity index is 479. The van der Waals surface area contributed by atoms with Gasteiger partial charge < -0.3 is 5.32 Å². The van der Waals surface area contributed by atoms with Gasteiger partial charge in [0.2, 0.25) is 10.0 Å². The maximum absolute atomic E-state index is 12.0. The molecule has 0 amide bonds. The van der Waals surface area contributed by atoms with Gasteiger partial charge >= 0.3 is 0 Å². The van der Waals surface area contributed by atoms with Crippen LogP contribution in [0.2, 0.25) is 0 Å². The van der Waals surface area contributed by atoms with Crippen molar-refractivity contribution in [3.8, 4) is 0 Å². The van der Waals surface area contributed by atoms with Crippen LogP contribution in [-0.2, 0) is 10.0 Å². The Labute approximate surface area is 116 Å². The largest absolute Gasteiger partial charge is 0.385 e. The summed E-state index contributed by atoms with van der Waals surface area (Å²) in [6, 6.07) is 6.86. The number of rotatable bonds is 7. The van der Waals surface area contributed by atoms with Gasteiger partial charge in [-0.25, -0.2) is 13.1 Å². The number of hydrogen-bond acceptors (Lipinski definition) is 3. The van der Waals surface area contributed by atoms with Gasteiger partial charge in [0, 0.05) is 18.8 Å². The van der Waals surface area contributed by atoms with E-state index in [2.05, 4.69) is 23.9 Å². The minimum Gasteiger partial charge on any atom is -0.385 e. The van der Waals surface area contributed by atoms with Crippen LogP contribution in [0, 0.1) is 11.8 Å². The molecule has 0 bridgehead atoms. The predicted molar refractivity (Wildman–Crippen MR) is 79.8 cm³/mol. The summed E-state index contributed by atoms with van der Waals surface area (Å²) in [6.45, 7) is 9.53. The molecule has 5 heteroatoms. The van der Waals surface area contributed by atoms with Crippen LogP contribution in [0.15, 0.2) is 29.2 Å². The fourth-order valence-corrected chi connectivity index (χ4v) is 2.65. The molecule has 0 aliphatic heterocycles. The number of benzene rings is 1. The van der Waals surface area contributed by atoms with Crippen molar-refractivity contribution in [2.24, 2.45) is 11.8 Å². The Morgan fingerprint density at radius 3 is 1.95 bits per heavy atom. The highest BCUT2D eigenvalue weighted by Crippen LogP contribution is 2.14. The standard InChI is InChI=1S/C14H24N2O2S/c1-11(2)9-15-13-5-7-14(8-6-13)19(17,18)16-10-12(3)4/h5-8,11-12,15-16H,9-10H2,1-4H3. The normalized spacial score (nSPS) is 12.1. The molecule has 108 valence electrons. The minimum absolute atomic E-state index is 0.293. The van der Waals surface area contributed by atoms with Crippen LogP contribution < -0.4 is 10.0 Å². The average molecular weight is 284 g/mol. The van der Waals surface area contributed by atoms with Crippen molar-refractivity contribution < 1.29 is 8.42 Å². The quantitative estimate of drug-likeness (QED) is 0.809. The van der Waals surface area contributed by atoms with Crippen LogP contribution in [0.3, 0.4) is 0 Å². The molecule has 0 radical (unpaired) electrons. The highest BCUT2D eigenvalue weighted by Gasteiger charge is 2.13. The van der Waals surface area contributed by atoms with Crippen molar-refractivity contribution >= 4 is 15.7 Å². The number of hydrogen-bond donors (Lipinski definition) is 2. The first kappa shape index (κ1) is 16.0. The monoisotopic (exact) mass is 284 g/mol. The van der Waals surface area contributed by atoms with Crippen LogP contribution >= 0.6 is 0 Å². The zero-order valence-electron chi connectivity index (χ0n) is 12.1. The van der Waals surface area contributed by atoms with E-state index in [0.29, 0.717) is 23.3 Å². The summed E-state index contributed by atoms with van der Waals surface area (Å²) < 4.78 is 26.6. The van der Waals surface area contributed by atoms with Gasteiger partial charge in [0.1, 0.15) is 0 Å². The van der Waals surface area contributed by atoms with E-state index in [1.54, 1.807) is 24.3 Å². The van der Waals surface area contributed by atoms with E-state index in [1.807, 2.05) is 13.8 Å². The van der Waals surface area contributed by atoms with Gasteiger partial charge in [-0.3, -0.25) is 0 Å². The summed E-state index contributed by atoms with van der Waals surface area (Å²) in [5.41, 5.74) is 0.941. The first-order valence-electron chi connectivity index (χ1n) is 6.65. The van der Waals surface area contributed by atoms with Crippen LogP contribution in [0.1, 0.15) is 27.7 Å². The third-order valence-electron chi connectivity index (χ3n) is 2.56. The molecule has 0 unspecified atom stereocenters. The highest BCUT2D eigenvalue weighted by atomic mass is 32.2. The number of anilines is 1. The summed E-state index contributed by atoms with van der Waals surface area (Å²) in [5.74, 6) is 0.845. The van der Waals surface area contributed by atoms with Gasteiger partial charge in [0.05, 0.1) is 4.90 Å². The topological polar surface area (TPSA) is 58.2 Å². The molecule has 0 aromatic heterocycles. The van der Waals surface area contributed by atoms with Crippen molar-refractivity contribution in [3.63, 3.8) is 0 Å². The van der Waals surface area contributed by atoms with E-state index in [4.69, 9.17) is 0 Å². The first-order chi connectivity index (χ1) is 8.81. The van der Waals surface area contributed by atoms with E-state index in [9.17, 15) is 8.42 Å². The SMILES string of the molecule is CC(C)CNc1ccc(S(=O)(=O)NCC(C)C)cc1. The van der Waals surface area contributed by atoms with Crippen molar-refractivity contribution in [3.05, 3.63) is 24.3 Å². The van der Waals surface area contributed by atoms with Gasteiger partial charge in [0.15, 0.2) is 0 Å². The van der Waals surface area contributed by atoms with Crippen LogP contribution in [-0.4, -0.2) is 21.5 Å². The smallest absolute Gasteiger partial charge is 0.240 e. The van der Waals surface area contributed by atoms with Gasteiger partial charge in [-0.1, -0.05) is 27.7 Å². The zero-order chi connectivity index (χ0) is 14.5. The number of sulfonamides is 1. The lowest BCUT2D eigenvalue weighted by molar-refractivity contribution is 0.560. The van der Waals surface area contributed by atoms with E-state index < -0.39 is 10.0 Å². The summed E-state index contributed by atoms with van der Waals surface area (Å²) in [7, 11) is -3.38. The molecule has 1 aromatic carbocycles. The fraction of sp³-hybridized carbons (Fsp3) is 0.571. The molecule has 0 fully saturated rings. The summed E-state index contributed by atoms with van der Waals surface area (Å²) in [4.78, 5) is 0.309. The van der Waals surface area contributed by atoms with Gasteiger partial charge in [-0.05, 0) is 36.1 Å². The summed E-state index contributed by atoms with van der Waals surface area (Å²) >= 11 is 0. The fourth-order valence-electron chi connectivity index (χ4n) is 1.43. The van der Waals surface area contributed by atoms with Crippen LogP contribution in [0.25, 0.3) is 0 Å². The van der Waals surface area contributed by atoms with E-state index in [0.717, 1.165) is 12.2 Å². The predicted octanol–water partition coefficient (Wildman–Crippen LogP) is 2.69. The number of nitrogens with one attached hydrogen (secondary N) is 2. The zero-order valence-corrected chi connectivity index (χ0v) is 12.9. The molecule has 1 rings (SSSR count). The maximum atomic E-state index is 12.0.